The second-order valence-electron chi connectivity index (χ2n) is 8.26. The number of nitrogens with one attached hydrogen (secondary N) is 1. The predicted octanol–water partition coefficient (Wildman–Crippen LogP) is 3.98. The van der Waals surface area contributed by atoms with Crippen LogP contribution in [0, 0.1) is 0 Å². The number of para-hydroxylation sites is 1. The molecule has 3 aromatic rings. The van der Waals surface area contributed by atoms with Crippen LogP contribution in [0.5, 0.6) is 0 Å². The fourth-order valence-corrected chi connectivity index (χ4v) is 4.91. The number of nitrogens with zero attached hydrogens (tertiary/aromatic N) is 2. The van der Waals surface area contributed by atoms with Crippen LogP contribution in [0.15, 0.2) is 64.0 Å². The molecule has 0 saturated heterocycles. The van der Waals surface area contributed by atoms with Crippen molar-refractivity contribution in [2.75, 3.05) is 16.2 Å². The number of benzene rings is 2. The number of hydrogen-bond acceptors (Lipinski definition) is 5. The first-order valence-electron chi connectivity index (χ1n) is 9.65. The summed E-state index contributed by atoms with van der Waals surface area (Å²) in [5.41, 5.74) is 1.67. The molecule has 8 heteroatoms. The molecular weight excluding hydrogens is 402 g/mol. The van der Waals surface area contributed by atoms with Crippen LogP contribution in [0.2, 0.25) is 0 Å². The number of amides is 1. The van der Waals surface area contributed by atoms with Crippen molar-refractivity contribution in [1.29, 1.82) is 0 Å². The molecule has 0 aliphatic carbocycles. The van der Waals surface area contributed by atoms with E-state index in [9.17, 15) is 13.2 Å². The maximum absolute atomic E-state index is 13.2. The zero-order chi connectivity index (χ0) is 21.5. The lowest BCUT2D eigenvalue weighted by molar-refractivity contribution is 0.102. The van der Waals surface area contributed by atoms with Gasteiger partial charge in [0.15, 0.2) is 5.82 Å². The molecule has 1 aliphatic rings. The van der Waals surface area contributed by atoms with Crippen molar-refractivity contribution in [2.45, 2.75) is 37.5 Å². The molecular formula is C22H23N3O4S. The number of anilines is 2. The van der Waals surface area contributed by atoms with Crippen molar-refractivity contribution in [3.63, 3.8) is 0 Å². The van der Waals surface area contributed by atoms with Crippen molar-refractivity contribution in [1.82, 2.24) is 5.16 Å². The summed E-state index contributed by atoms with van der Waals surface area (Å²) in [4.78, 5) is 12.7. The van der Waals surface area contributed by atoms with E-state index in [0.29, 0.717) is 24.4 Å². The zero-order valence-electron chi connectivity index (χ0n) is 17.0. The number of rotatable bonds is 4. The Morgan fingerprint density at radius 2 is 1.87 bits per heavy atom. The average molecular weight is 426 g/mol. The summed E-state index contributed by atoms with van der Waals surface area (Å²) in [6.45, 7) is 6.31. The van der Waals surface area contributed by atoms with Gasteiger partial charge in [0.25, 0.3) is 15.9 Å². The standard InChI is InChI=1S/C22H23N3O4S/c1-22(2,3)19-14-20(24-29-19)23-21(26)16-8-6-9-17(13-16)30(27,28)25-12-11-15-7-4-5-10-18(15)25/h4-10,13-14H,11-12H2,1-3H3,(H,23,24,26). The third-order valence-electron chi connectivity index (χ3n) is 5.02. The molecule has 0 saturated carbocycles. The Bertz CT molecular complexity index is 1210. The molecule has 156 valence electrons. The van der Waals surface area contributed by atoms with E-state index in [1.165, 1.54) is 16.4 Å². The zero-order valence-corrected chi connectivity index (χ0v) is 17.9. The molecule has 0 unspecified atom stereocenters. The molecule has 4 rings (SSSR count). The van der Waals surface area contributed by atoms with Crippen LogP contribution in [0.3, 0.4) is 0 Å². The van der Waals surface area contributed by atoms with Crippen molar-refractivity contribution in [3.05, 3.63) is 71.5 Å². The van der Waals surface area contributed by atoms with Gasteiger partial charge >= 0.3 is 0 Å². The van der Waals surface area contributed by atoms with Crippen LogP contribution in [-0.2, 0) is 21.9 Å². The molecule has 1 aliphatic heterocycles. The van der Waals surface area contributed by atoms with Gasteiger partial charge < -0.3 is 9.84 Å². The Labute approximate surface area is 175 Å². The minimum Gasteiger partial charge on any atom is -0.359 e. The third kappa shape index (κ3) is 3.70. The second-order valence-corrected chi connectivity index (χ2v) is 10.1. The fraction of sp³-hybridized carbons (Fsp3) is 0.273. The number of carbonyl (C=O) groups is 1. The van der Waals surface area contributed by atoms with Gasteiger partial charge in [-0.1, -0.05) is 50.2 Å². The molecule has 0 spiro atoms. The molecule has 1 amide bonds. The fourth-order valence-electron chi connectivity index (χ4n) is 3.36. The number of carbonyl (C=O) groups excluding carboxylic acids is 1. The van der Waals surface area contributed by atoms with Gasteiger partial charge in [0, 0.05) is 23.6 Å². The summed E-state index contributed by atoms with van der Waals surface area (Å²) in [6.07, 6.45) is 0.665. The van der Waals surface area contributed by atoms with E-state index in [0.717, 1.165) is 5.56 Å². The lowest BCUT2D eigenvalue weighted by atomic mass is 9.93. The summed E-state index contributed by atoms with van der Waals surface area (Å²) in [6, 6.07) is 15.1. The molecule has 0 fully saturated rings. The average Bonchev–Trinajstić information content (AvgIpc) is 3.35. The van der Waals surface area contributed by atoms with E-state index in [1.807, 2.05) is 39.0 Å². The van der Waals surface area contributed by atoms with Crippen molar-refractivity contribution in [3.8, 4) is 0 Å². The van der Waals surface area contributed by atoms with Crippen LogP contribution in [0.1, 0.15) is 42.5 Å². The Morgan fingerprint density at radius 1 is 1.10 bits per heavy atom. The number of fused-ring (bicyclic) bond motifs is 1. The Morgan fingerprint density at radius 3 is 2.60 bits per heavy atom. The lowest BCUT2D eigenvalue weighted by Gasteiger charge is -2.19. The van der Waals surface area contributed by atoms with Crippen LogP contribution in [0.25, 0.3) is 0 Å². The Balaban J connectivity index is 1.58. The van der Waals surface area contributed by atoms with Crippen LogP contribution < -0.4 is 9.62 Å². The highest BCUT2D eigenvalue weighted by atomic mass is 32.2. The molecule has 2 aromatic carbocycles. The molecule has 0 radical (unpaired) electrons. The van der Waals surface area contributed by atoms with Crippen LogP contribution in [0.4, 0.5) is 11.5 Å². The van der Waals surface area contributed by atoms with Gasteiger partial charge in [-0.2, -0.15) is 0 Å². The molecule has 1 N–H and O–H groups in total. The molecule has 0 atom stereocenters. The maximum atomic E-state index is 13.2. The minimum absolute atomic E-state index is 0.0717. The predicted molar refractivity (Wildman–Crippen MR) is 114 cm³/mol. The summed E-state index contributed by atoms with van der Waals surface area (Å²) in [7, 11) is -3.78. The summed E-state index contributed by atoms with van der Waals surface area (Å²) >= 11 is 0. The summed E-state index contributed by atoms with van der Waals surface area (Å²) < 4.78 is 33.1. The van der Waals surface area contributed by atoms with Gasteiger partial charge in [-0.3, -0.25) is 9.10 Å². The maximum Gasteiger partial charge on any atom is 0.264 e. The Kier molecular flexibility index (Phi) is 4.89. The van der Waals surface area contributed by atoms with E-state index in [-0.39, 0.29) is 21.7 Å². The molecule has 7 nitrogen and oxygen atoms in total. The summed E-state index contributed by atoms with van der Waals surface area (Å²) in [5.74, 6) is 0.469. The van der Waals surface area contributed by atoms with E-state index in [4.69, 9.17) is 4.52 Å². The second kappa shape index (κ2) is 7.28. The normalized spacial score (nSPS) is 13.9. The minimum atomic E-state index is -3.78. The van der Waals surface area contributed by atoms with E-state index >= 15 is 0 Å². The van der Waals surface area contributed by atoms with Gasteiger partial charge in [0.2, 0.25) is 0 Å². The van der Waals surface area contributed by atoms with Crippen LogP contribution in [-0.4, -0.2) is 26.0 Å². The number of aromatic nitrogens is 1. The lowest BCUT2D eigenvalue weighted by Crippen LogP contribution is -2.29. The Hall–Kier alpha value is -3.13. The molecule has 2 heterocycles. The molecule has 0 bridgehead atoms. The highest BCUT2D eigenvalue weighted by Gasteiger charge is 2.31. The van der Waals surface area contributed by atoms with E-state index < -0.39 is 15.9 Å². The smallest absolute Gasteiger partial charge is 0.264 e. The first kappa shape index (κ1) is 20.2. The van der Waals surface area contributed by atoms with Gasteiger partial charge in [-0.15, -0.1) is 0 Å². The number of sulfonamides is 1. The SMILES string of the molecule is CC(C)(C)c1cc(NC(=O)c2cccc(S(=O)(=O)N3CCc4ccccc43)c2)no1. The molecule has 1 aromatic heterocycles. The van der Waals surface area contributed by atoms with E-state index in [1.54, 1.807) is 24.3 Å². The monoisotopic (exact) mass is 425 g/mol. The van der Waals surface area contributed by atoms with Gasteiger partial charge in [0.1, 0.15) is 5.76 Å². The van der Waals surface area contributed by atoms with Crippen LogP contribution >= 0.6 is 0 Å². The first-order valence-corrected chi connectivity index (χ1v) is 11.1. The van der Waals surface area contributed by atoms with Crippen molar-refractivity contribution in [2.24, 2.45) is 0 Å². The quantitative estimate of drug-likeness (QED) is 0.683. The van der Waals surface area contributed by atoms with Crippen molar-refractivity contribution < 1.29 is 17.7 Å². The van der Waals surface area contributed by atoms with Gasteiger partial charge in [-0.25, -0.2) is 8.42 Å². The number of hydrogen-bond donors (Lipinski definition) is 1. The molecule has 30 heavy (non-hydrogen) atoms. The van der Waals surface area contributed by atoms with Gasteiger partial charge in [-0.05, 0) is 36.2 Å². The van der Waals surface area contributed by atoms with Gasteiger partial charge in [0.05, 0.1) is 10.6 Å². The highest BCUT2D eigenvalue weighted by molar-refractivity contribution is 7.92. The largest absolute Gasteiger partial charge is 0.359 e. The summed E-state index contributed by atoms with van der Waals surface area (Å²) in [5, 5.41) is 6.54. The third-order valence-corrected chi connectivity index (χ3v) is 6.83. The highest BCUT2D eigenvalue weighted by Crippen LogP contribution is 2.33. The van der Waals surface area contributed by atoms with Crippen molar-refractivity contribution >= 4 is 27.4 Å². The first-order chi connectivity index (χ1) is 14.2. The topological polar surface area (TPSA) is 92.5 Å². The van der Waals surface area contributed by atoms with E-state index in [2.05, 4.69) is 10.5 Å².